The number of aliphatic hydroxyl groups is 1. The van der Waals surface area contributed by atoms with Crippen molar-refractivity contribution >= 4 is 44.8 Å². The molecular weight excluding hydrogens is 1290 g/mol. The van der Waals surface area contributed by atoms with Crippen LogP contribution in [0.25, 0.3) is 21.9 Å². The van der Waals surface area contributed by atoms with Crippen molar-refractivity contribution in [3.8, 4) is 0 Å². The lowest BCUT2D eigenvalue weighted by atomic mass is 9.91. The number of fused-ring (bicyclic) bond motifs is 4. The summed E-state index contributed by atoms with van der Waals surface area (Å²) in [5.41, 5.74) is 5.76. The predicted octanol–water partition coefficient (Wildman–Crippen LogP) is 18.3. The summed E-state index contributed by atoms with van der Waals surface area (Å²) < 4.78 is 70.9. The maximum Gasteiger partial charge on any atom is 0.306 e. The summed E-state index contributed by atoms with van der Waals surface area (Å²) in [4.78, 5) is 64.0. The number of aromatic nitrogens is 6. The molecule has 4 aliphatic heterocycles. The number of carbonyl (C=O) groups is 2. The first-order valence-corrected chi connectivity index (χ1v) is 38.5. The number of halogens is 5. The standard InChI is InChI=1S/C39H56F2N4O4.C23H27FN4O3.C16H30ClFO/c1-29-32(22-27-44-25-20-30(21-26-44)37-33-19-18-31(41)28-35(33)49-43-37)39(47)45-24-15-16-34(38(45)42-29)48-36(46)17-13-11-9-7-5-3-2-4-6-8-10-12-14-23-40;1-14-17(23(30)28-9-2-3-19(29)22(28)25-14)8-12-27-10-6-15(7-11-27)21-18-5-4-16(24)13-20(18)31-26-21;17-16(19)14-12-10-8-6-4-2-1-3-5-7-9-11-13-15-18/h18-19,28,30,34H,2-17,20-27H2,1H3;4-5,13,15,19,29H,2-3,6-12H2,1H3;1-15H2. The van der Waals surface area contributed by atoms with E-state index in [1.807, 2.05) is 13.8 Å². The van der Waals surface area contributed by atoms with Crippen molar-refractivity contribution in [3.63, 3.8) is 0 Å². The number of esters is 1. The van der Waals surface area contributed by atoms with Crippen LogP contribution in [0.15, 0.2) is 55.0 Å². The van der Waals surface area contributed by atoms with Gasteiger partial charge in [0.25, 0.3) is 11.1 Å². The van der Waals surface area contributed by atoms with E-state index in [-0.39, 0.29) is 53.2 Å². The lowest BCUT2D eigenvalue weighted by Crippen LogP contribution is -2.38. The monoisotopic (exact) mass is 1400 g/mol. The highest BCUT2D eigenvalue weighted by molar-refractivity contribution is 6.63. The zero-order valence-corrected chi connectivity index (χ0v) is 60.2. The number of nitrogens with zero attached hydrogens (tertiary/aromatic N) is 8. The molecule has 0 spiro atoms. The fourth-order valence-corrected chi connectivity index (χ4v) is 15.0. The van der Waals surface area contributed by atoms with Crippen LogP contribution in [-0.4, -0.2) is 108 Å². The van der Waals surface area contributed by atoms with Gasteiger partial charge in [-0.25, -0.2) is 18.7 Å². The van der Waals surface area contributed by atoms with E-state index in [2.05, 4.69) is 25.1 Å². The third kappa shape index (κ3) is 25.3. The second-order valence-corrected chi connectivity index (χ2v) is 28.8. The van der Waals surface area contributed by atoms with Gasteiger partial charge in [0.15, 0.2) is 23.1 Å². The number of hydrogen-bond acceptors (Lipinski definition) is 14. The summed E-state index contributed by atoms with van der Waals surface area (Å²) in [6.45, 7) is 9.84. The van der Waals surface area contributed by atoms with Gasteiger partial charge in [0.1, 0.15) is 23.6 Å². The smallest absolute Gasteiger partial charge is 0.306 e. The Kier molecular flexibility index (Phi) is 34.4. The molecule has 1 N–H and O–H groups in total. The molecule has 0 radical (unpaired) electrons. The molecule has 2 unspecified atom stereocenters. The van der Waals surface area contributed by atoms with E-state index in [0.717, 1.165) is 180 Å². The number of ether oxygens (including phenoxy) is 1. The van der Waals surface area contributed by atoms with Gasteiger partial charge in [-0.15, -0.1) is 0 Å². The Morgan fingerprint density at radius 1 is 0.515 bits per heavy atom. The van der Waals surface area contributed by atoms with E-state index < -0.39 is 12.2 Å². The number of rotatable bonds is 39. The van der Waals surface area contributed by atoms with E-state index in [9.17, 15) is 41.8 Å². The van der Waals surface area contributed by atoms with E-state index in [0.29, 0.717) is 86.8 Å². The van der Waals surface area contributed by atoms with Gasteiger partial charge in [-0.2, -0.15) is 0 Å². The minimum absolute atomic E-state index is 0.00237. The minimum Gasteiger partial charge on any atom is -0.454 e. The van der Waals surface area contributed by atoms with E-state index >= 15 is 0 Å². The molecule has 0 bridgehead atoms. The average molecular weight is 1400 g/mol. The van der Waals surface area contributed by atoms with E-state index in [4.69, 9.17) is 30.4 Å². The van der Waals surface area contributed by atoms with Crippen molar-refractivity contribution in [2.45, 2.75) is 295 Å². The van der Waals surface area contributed by atoms with Gasteiger partial charge in [-0.1, -0.05) is 152 Å². The number of likely N-dealkylation sites (tertiary alicyclic amines) is 2. The van der Waals surface area contributed by atoms with Gasteiger partial charge in [-0.3, -0.25) is 37.1 Å². The van der Waals surface area contributed by atoms with Crippen molar-refractivity contribution in [2.75, 3.05) is 52.6 Å². The van der Waals surface area contributed by atoms with Gasteiger partial charge >= 0.3 is 5.97 Å². The van der Waals surface area contributed by atoms with E-state index in [1.165, 1.54) is 127 Å². The van der Waals surface area contributed by atoms with Crippen molar-refractivity contribution in [1.82, 2.24) is 39.2 Å². The molecule has 6 aromatic rings. The SMILES string of the molecule is Cc1nc2n(c(=O)c1CCN1CCC(c3noc4cc(F)ccc34)CC1)CCCC2O.Cc1nc2n(c(=O)c1CCN1CCC(c3noc4cc(F)ccc34)CC1)CCCC2OC(=O)CCCCCCCCCCCCCCCF.O=C(Cl)CCCCCCCCCCCCCCCF. The molecule has 4 aromatic heterocycles. The van der Waals surface area contributed by atoms with Crippen molar-refractivity contribution in [2.24, 2.45) is 0 Å². The Morgan fingerprint density at radius 2 is 0.889 bits per heavy atom. The Balaban J connectivity index is 0.000000212. The molecule has 2 aromatic carbocycles. The first-order valence-electron chi connectivity index (χ1n) is 38.1. The molecule has 21 heteroatoms. The van der Waals surface area contributed by atoms with Crippen LogP contribution in [0.3, 0.4) is 0 Å². The Morgan fingerprint density at radius 3 is 1.30 bits per heavy atom. The third-order valence-corrected chi connectivity index (χ3v) is 21.0. The zero-order valence-electron chi connectivity index (χ0n) is 59.5. The highest BCUT2D eigenvalue weighted by Crippen LogP contribution is 2.36. The van der Waals surface area contributed by atoms with Crippen LogP contribution in [0.5, 0.6) is 0 Å². The maximum absolute atomic E-state index is 13.6. The second-order valence-electron chi connectivity index (χ2n) is 28.3. The largest absolute Gasteiger partial charge is 0.454 e. The lowest BCUT2D eigenvalue weighted by molar-refractivity contribution is -0.151. The van der Waals surface area contributed by atoms with Gasteiger partial charge in [-0.05, 0) is 166 Å². The Hall–Kier alpha value is -5.83. The second kappa shape index (κ2) is 43.2. The summed E-state index contributed by atoms with van der Waals surface area (Å²) in [5.74, 6) is 0.820. The zero-order chi connectivity index (χ0) is 70.1. The summed E-state index contributed by atoms with van der Waals surface area (Å²) >= 11 is 5.27. The first-order chi connectivity index (χ1) is 48.2. The molecule has 4 aliphatic rings. The predicted molar refractivity (Wildman–Crippen MR) is 383 cm³/mol. The van der Waals surface area contributed by atoms with Crippen molar-refractivity contribution in [3.05, 3.63) is 114 Å². The maximum atomic E-state index is 13.6. The van der Waals surface area contributed by atoms with Crippen molar-refractivity contribution < 1.29 is 46.0 Å². The average Bonchev–Trinajstić information content (AvgIpc) is 1.76. The van der Waals surface area contributed by atoms with E-state index in [1.54, 1.807) is 21.3 Å². The summed E-state index contributed by atoms with van der Waals surface area (Å²) in [5, 5.41) is 20.2. The molecule has 0 amide bonds. The Bertz CT molecular complexity index is 3510. The molecule has 2 saturated heterocycles. The highest BCUT2D eigenvalue weighted by atomic mass is 35.5. The van der Waals surface area contributed by atoms with Crippen LogP contribution in [0, 0.1) is 25.5 Å². The normalized spacial score (nSPS) is 16.9. The number of aryl methyl sites for hydroxylation is 2. The number of alkyl halides is 2. The van der Waals surface area contributed by atoms with Gasteiger partial charge < -0.3 is 28.7 Å². The minimum atomic E-state index is -0.641. The Labute approximate surface area is 589 Å². The third-order valence-electron chi connectivity index (χ3n) is 20.8. The van der Waals surface area contributed by atoms with Gasteiger partial charge in [0.05, 0.1) is 24.7 Å². The topological polar surface area (TPSA) is 192 Å². The van der Waals surface area contributed by atoms with Gasteiger partial charge in [0, 0.05) is 96.3 Å². The number of piperidine rings is 2. The van der Waals surface area contributed by atoms with Crippen LogP contribution in [0.4, 0.5) is 17.6 Å². The number of unbranched alkanes of at least 4 members (excludes halogenated alkanes) is 24. The van der Waals surface area contributed by atoms with Gasteiger partial charge in [0.2, 0.25) is 5.24 Å². The number of benzene rings is 2. The molecule has 2 fully saturated rings. The molecule has 8 heterocycles. The molecule has 99 heavy (non-hydrogen) atoms. The van der Waals surface area contributed by atoms with Crippen LogP contribution in [0.1, 0.15) is 301 Å². The van der Waals surface area contributed by atoms with Crippen LogP contribution in [-0.2, 0) is 40.3 Å². The number of aliphatic hydroxyl groups excluding tert-OH is 1. The highest BCUT2D eigenvalue weighted by Gasteiger charge is 2.31. The summed E-state index contributed by atoms with van der Waals surface area (Å²) in [7, 11) is 0. The van der Waals surface area contributed by atoms with Crippen LogP contribution in [0.2, 0.25) is 0 Å². The summed E-state index contributed by atoms with van der Waals surface area (Å²) in [6, 6.07) is 9.17. The quantitative estimate of drug-likeness (QED) is 0.0166. The first kappa shape index (κ1) is 78.9. The fourth-order valence-electron chi connectivity index (χ4n) is 14.9. The molecule has 0 saturated carbocycles. The number of carbonyl (C=O) groups excluding carboxylic acids is 2. The van der Waals surface area contributed by atoms with Crippen molar-refractivity contribution in [1.29, 1.82) is 0 Å². The molecule has 10 rings (SSSR count). The molecule has 548 valence electrons. The molecule has 16 nitrogen and oxygen atoms in total. The lowest BCUT2D eigenvalue weighted by Gasteiger charge is -2.31. The summed E-state index contributed by atoms with van der Waals surface area (Å²) in [6.07, 6.45) is 38.0. The molecular formula is C78H113ClF4N8O8. The number of hydrogen-bond donors (Lipinski definition) is 1. The van der Waals surface area contributed by atoms with Crippen LogP contribution >= 0.6 is 11.6 Å². The molecule has 0 aliphatic carbocycles. The van der Waals surface area contributed by atoms with Crippen LogP contribution < -0.4 is 11.1 Å². The fraction of sp³-hybridized carbons (Fsp3) is 0.692. The molecule has 2 atom stereocenters.